The molecule has 2 atom stereocenters. The third-order valence-electron chi connectivity index (χ3n) is 2.88. The predicted molar refractivity (Wildman–Crippen MR) is 66.8 cm³/mol. The minimum Gasteiger partial charge on any atom is -0.389 e. The van der Waals surface area contributed by atoms with Crippen molar-refractivity contribution in [3.63, 3.8) is 0 Å². The second-order valence-corrected chi connectivity index (χ2v) is 5.57. The molecule has 0 aliphatic carbocycles. The van der Waals surface area contributed by atoms with Crippen molar-refractivity contribution >= 4 is 23.4 Å². The standard InChI is InChI=1S/C12H15ClOS/c1-8(14)9-2-3-11(12(13)6-9)10-4-5-15-7-10/h2-3,6,8,10,14H,4-5,7H2,1H3. The number of thioether (sulfide) groups is 1. The lowest BCUT2D eigenvalue weighted by Crippen LogP contribution is -1.99. The fourth-order valence-corrected chi connectivity index (χ4v) is 3.51. The van der Waals surface area contributed by atoms with Crippen LogP contribution in [0.25, 0.3) is 0 Å². The number of hydrogen-bond acceptors (Lipinski definition) is 2. The predicted octanol–water partition coefficient (Wildman–Crippen LogP) is 3.61. The van der Waals surface area contributed by atoms with Gasteiger partial charge in [0.25, 0.3) is 0 Å². The van der Waals surface area contributed by atoms with Gasteiger partial charge in [0, 0.05) is 10.8 Å². The van der Waals surface area contributed by atoms with E-state index in [0.717, 1.165) is 10.6 Å². The summed E-state index contributed by atoms with van der Waals surface area (Å²) in [6.07, 6.45) is 0.785. The fraction of sp³-hybridized carbons (Fsp3) is 0.500. The van der Waals surface area contributed by atoms with Crippen LogP contribution in [0.3, 0.4) is 0 Å². The number of aliphatic hydroxyl groups excluding tert-OH is 1. The molecule has 0 saturated carbocycles. The molecule has 1 aromatic rings. The Morgan fingerprint density at radius 1 is 1.53 bits per heavy atom. The van der Waals surface area contributed by atoms with E-state index in [1.54, 1.807) is 6.92 Å². The van der Waals surface area contributed by atoms with E-state index in [2.05, 4.69) is 6.07 Å². The molecular weight excluding hydrogens is 228 g/mol. The van der Waals surface area contributed by atoms with Gasteiger partial charge in [0.1, 0.15) is 0 Å². The lowest BCUT2D eigenvalue weighted by molar-refractivity contribution is 0.199. The van der Waals surface area contributed by atoms with Crippen LogP contribution in [0.2, 0.25) is 5.02 Å². The Labute approximate surface area is 99.8 Å². The number of aliphatic hydroxyl groups is 1. The van der Waals surface area contributed by atoms with Crippen LogP contribution in [0.1, 0.15) is 36.5 Å². The molecule has 2 rings (SSSR count). The van der Waals surface area contributed by atoms with Gasteiger partial charge in [0.05, 0.1) is 6.10 Å². The van der Waals surface area contributed by atoms with Crippen molar-refractivity contribution in [1.82, 2.24) is 0 Å². The zero-order valence-corrected chi connectivity index (χ0v) is 10.3. The Balaban J connectivity index is 2.25. The van der Waals surface area contributed by atoms with Gasteiger partial charge in [-0.15, -0.1) is 0 Å². The maximum absolute atomic E-state index is 9.44. The van der Waals surface area contributed by atoms with Crippen LogP contribution in [0.4, 0.5) is 0 Å². The van der Waals surface area contributed by atoms with E-state index in [1.807, 2.05) is 23.9 Å². The third kappa shape index (κ3) is 2.49. The molecule has 0 spiro atoms. The summed E-state index contributed by atoms with van der Waals surface area (Å²) in [5.41, 5.74) is 2.14. The molecule has 1 aliphatic heterocycles. The first-order chi connectivity index (χ1) is 7.18. The van der Waals surface area contributed by atoms with Crippen molar-refractivity contribution in [2.45, 2.75) is 25.4 Å². The summed E-state index contributed by atoms with van der Waals surface area (Å²) in [4.78, 5) is 0. The third-order valence-corrected chi connectivity index (χ3v) is 4.37. The summed E-state index contributed by atoms with van der Waals surface area (Å²) >= 11 is 8.22. The highest BCUT2D eigenvalue weighted by Crippen LogP contribution is 2.36. The molecule has 1 aromatic carbocycles. The van der Waals surface area contributed by atoms with E-state index >= 15 is 0 Å². The van der Waals surface area contributed by atoms with Crippen LogP contribution in [0.5, 0.6) is 0 Å². The average molecular weight is 243 g/mol. The quantitative estimate of drug-likeness (QED) is 0.855. The lowest BCUT2D eigenvalue weighted by atomic mass is 9.96. The molecule has 1 N–H and O–H groups in total. The van der Waals surface area contributed by atoms with Gasteiger partial charge in [-0.25, -0.2) is 0 Å². The zero-order chi connectivity index (χ0) is 10.8. The lowest BCUT2D eigenvalue weighted by Gasteiger charge is -2.13. The van der Waals surface area contributed by atoms with E-state index in [9.17, 15) is 5.11 Å². The van der Waals surface area contributed by atoms with E-state index in [1.165, 1.54) is 23.5 Å². The summed E-state index contributed by atoms with van der Waals surface area (Å²) in [5, 5.41) is 10.2. The number of hydrogen-bond donors (Lipinski definition) is 1. The minimum atomic E-state index is -0.436. The molecule has 1 aliphatic rings. The van der Waals surface area contributed by atoms with Crippen molar-refractivity contribution < 1.29 is 5.11 Å². The number of rotatable bonds is 2. The highest BCUT2D eigenvalue weighted by molar-refractivity contribution is 7.99. The van der Waals surface area contributed by atoms with Gasteiger partial charge >= 0.3 is 0 Å². The maximum Gasteiger partial charge on any atom is 0.0762 e. The highest BCUT2D eigenvalue weighted by atomic mass is 35.5. The molecule has 82 valence electrons. The molecule has 1 fully saturated rings. The largest absolute Gasteiger partial charge is 0.389 e. The fourth-order valence-electron chi connectivity index (χ4n) is 1.91. The van der Waals surface area contributed by atoms with Crippen LogP contribution in [-0.4, -0.2) is 16.6 Å². The van der Waals surface area contributed by atoms with E-state index < -0.39 is 6.10 Å². The molecule has 15 heavy (non-hydrogen) atoms. The maximum atomic E-state index is 9.44. The molecule has 3 heteroatoms. The topological polar surface area (TPSA) is 20.2 Å². The zero-order valence-electron chi connectivity index (χ0n) is 8.74. The van der Waals surface area contributed by atoms with Gasteiger partial charge < -0.3 is 5.11 Å². The van der Waals surface area contributed by atoms with Gasteiger partial charge in [-0.2, -0.15) is 11.8 Å². The van der Waals surface area contributed by atoms with Gasteiger partial charge in [0.15, 0.2) is 0 Å². The van der Waals surface area contributed by atoms with Crippen molar-refractivity contribution in [3.05, 3.63) is 34.3 Å². The monoisotopic (exact) mass is 242 g/mol. The first-order valence-corrected chi connectivity index (χ1v) is 6.77. The summed E-state index contributed by atoms with van der Waals surface area (Å²) in [7, 11) is 0. The van der Waals surface area contributed by atoms with Crippen LogP contribution in [0.15, 0.2) is 18.2 Å². The van der Waals surface area contributed by atoms with Crippen molar-refractivity contribution in [3.8, 4) is 0 Å². The molecule has 0 bridgehead atoms. The molecule has 1 heterocycles. The summed E-state index contributed by atoms with van der Waals surface area (Å²) in [5.74, 6) is 3.01. The first kappa shape index (κ1) is 11.3. The van der Waals surface area contributed by atoms with E-state index in [0.29, 0.717) is 5.92 Å². The van der Waals surface area contributed by atoms with Crippen LogP contribution in [0, 0.1) is 0 Å². The van der Waals surface area contributed by atoms with Gasteiger partial charge in [-0.05, 0) is 42.2 Å². The molecule has 1 saturated heterocycles. The van der Waals surface area contributed by atoms with Crippen molar-refractivity contribution in [2.24, 2.45) is 0 Å². The highest BCUT2D eigenvalue weighted by Gasteiger charge is 2.20. The Kier molecular flexibility index (Phi) is 3.60. The minimum absolute atomic E-state index is 0.436. The molecule has 0 amide bonds. The summed E-state index contributed by atoms with van der Waals surface area (Å²) < 4.78 is 0. The Morgan fingerprint density at radius 3 is 2.87 bits per heavy atom. The molecule has 1 nitrogen and oxygen atoms in total. The summed E-state index contributed by atoms with van der Waals surface area (Å²) in [6, 6.07) is 5.94. The second kappa shape index (κ2) is 4.77. The average Bonchev–Trinajstić information content (AvgIpc) is 2.70. The molecule has 0 radical (unpaired) electrons. The number of halogens is 1. The molecule has 0 aromatic heterocycles. The van der Waals surface area contributed by atoms with Crippen molar-refractivity contribution in [1.29, 1.82) is 0 Å². The van der Waals surface area contributed by atoms with Gasteiger partial charge in [-0.1, -0.05) is 23.7 Å². The molecular formula is C12H15ClOS. The van der Waals surface area contributed by atoms with E-state index in [-0.39, 0.29) is 0 Å². The SMILES string of the molecule is CC(O)c1ccc(C2CCSC2)c(Cl)c1. The Bertz CT molecular complexity index is 345. The first-order valence-electron chi connectivity index (χ1n) is 5.23. The van der Waals surface area contributed by atoms with Crippen LogP contribution < -0.4 is 0 Å². The van der Waals surface area contributed by atoms with Crippen LogP contribution >= 0.6 is 23.4 Å². The smallest absolute Gasteiger partial charge is 0.0762 e. The normalized spacial score (nSPS) is 23.0. The Hall–Kier alpha value is -0.180. The van der Waals surface area contributed by atoms with Gasteiger partial charge in [0.2, 0.25) is 0 Å². The summed E-state index contributed by atoms with van der Waals surface area (Å²) in [6.45, 7) is 1.76. The molecule has 2 unspecified atom stereocenters. The van der Waals surface area contributed by atoms with E-state index in [4.69, 9.17) is 11.6 Å². The van der Waals surface area contributed by atoms with Crippen molar-refractivity contribution in [2.75, 3.05) is 11.5 Å². The number of benzene rings is 1. The Morgan fingerprint density at radius 2 is 2.33 bits per heavy atom. The van der Waals surface area contributed by atoms with Gasteiger partial charge in [-0.3, -0.25) is 0 Å². The second-order valence-electron chi connectivity index (χ2n) is 4.02. The van der Waals surface area contributed by atoms with Crippen LogP contribution in [-0.2, 0) is 0 Å².